The summed E-state index contributed by atoms with van der Waals surface area (Å²) in [5, 5.41) is 0.924. The van der Waals surface area contributed by atoms with E-state index in [-0.39, 0.29) is 11.2 Å². The van der Waals surface area contributed by atoms with E-state index in [0.29, 0.717) is 27.4 Å². The molecule has 1 aliphatic rings. The third-order valence-electron chi connectivity index (χ3n) is 5.10. The van der Waals surface area contributed by atoms with Gasteiger partial charge >= 0.3 is 0 Å². The molecule has 2 aromatic carbocycles. The molecule has 0 fully saturated rings. The van der Waals surface area contributed by atoms with Crippen LogP contribution in [-0.2, 0) is 0 Å². The minimum atomic E-state index is -0.631. The Morgan fingerprint density at radius 1 is 1.03 bits per heavy atom. The molecular formula is C23H15ClN2O3. The Morgan fingerprint density at radius 2 is 1.83 bits per heavy atom. The van der Waals surface area contributed by atoms with Gasteiger partial charge in [0.25, 0.3) is 5.91 Å². The highest BCUT2D eigenvalue weighted by Crippen LogP contribution is 2.40. The Balaban J connectivity index is 1.82. The van der Waals surface area contributed by atoms with Crippen LogP contribution in [0.2, 0.25) is 5.02 Å². The largest absolute Gasteiger partial charge is 0.450 e. The first-order valence-corrected chi connectivity index (χ1v) is 9.50. The van der Waals surface area contributed by atoms with Gasteiger partial charge < -0.3 is 4.42 Å². The molecule has 1 amide bonds. The van der Waals surface area contributed by atoms with Gasteiger partial charge in [0.15, 0.2) is 5.43 Å². The highest BCUT2D eigenvalue weighted by atomic mass is 35.5. The molecule has 1 aliphatic heterocycles. The highest BCUT2D eigenvalue weighted by molar-refractivity contribution is 6.30. The number of nitrogens with zero attached hydrogens (tertiary/aromatic N) is 2. The minimum Gasteiger partial charge on any atom is -0.450 e. The van der Waals surface area contributed by atoms with Gasteiger partial charge in [-0.25, -0.2) is 4.98 Å². The maximum absolute atomic E-state index is 13.5. The lowest BCUT2D eigenvalue weighted by atomic mass is 9.98. The molecule has 0 saturated heterocycles. The summed E-state index contributed by atoms with van der Waals surface area (Å²) >= 11 is 5.97. The summed E-state index contributed by atoms with van der Waals surface area (Å²) in [4.78, 5) is 32.6. The predicted octanol–water partition coefficient (Wildman–Crippen LogP) is 4.90. The first-order valence-electron chi connectivity index (χ1n) is 9.12. The molecule has 0 unspecified atom stereocenters. The number of halogens is 1. The van der Waals surface area contributed by atoms with Crippen molar-refractivity contribution in [3.8, 4) is 0 Å². The quantitative estimate of drug-likeness (QED) is 0.478. The minimum absolute atomic E-state index is 0.0527. The van der Waals surface area contributed by atoms with Gasteiger partial charge in [-0.05, 0) is 36.8 Å². The average molecular weight is 403 g/mol. The summed E-state index contributed by atoms with van der Waals surface area (Å²) in [6.07, 6.45) is 1.48. The molecule has 2 aromatic heterocycles. The van der Waals surface area contributed by atoms with Gasteiger partial charge in [-0.1, -0.05) is 53.6 Å². The Kier molecular flexibility index (Phi) is 4.00. The Labute approximate surface area is 171 Å². The fraction of sp³-hybridized carbons (Fsp3) is 0.0870. The fourth-order valence-corrected chi connectivity index (χ4v) is 3.90. The summed E-state index contributed by atoms with van der Waals surface area (Å²) in [6, 6.07) is 17.5. The number of hydrogen-bond donors (Lipinski definition) is 0. The van der Waals surface area contributed by atoms with Gasteiger partial charge in [0.1, 0.15) is 11.4 Å². The standard InChI is InChI=1S/C23H15ClN2O3/c1-13-7-9-17-16(11-13)21(27)19-20(14-5-3-2-4-6-14)26(23(28)22(19)29-17)18-10-8-15(24)12-25-18/h2-12,20H,1H3/t20-/m1/s1. The van der Waals surface area contributed by atoms with E-state index in [1.165, 1.54) is 11.1 Å². The molecule has 3 heterocycles. The zero-order chi connectivity index (χ0) is 20.1. The highest BCUT2D eigenvalue weighted by Gasteiger charge is 2.44. The Hall–Kier alpha value is -3.44. The molecule has 0 saturated carbocycles. The molecule has 5 nitrogen and oxygen atoms in total. The van der Waals surface area contributed by atoms with Gasteiger partial charge in [-0.2, -0.15) is 0 Å². The van der Waals surface area contributed by atoms with Crippen LogP contribution < -0.4 is 10.3 Å². The zero-order valence-electron chi connectivity index (χ0n) is 15.4. The van der Waals surface area contributed by atoms with Crippen molar-refractivity contribution in [1.29, 1.82) is 0 Å². The molecule has 0 radical (unpaired) electrons. The molecule has 29 heavy (non-hydrogen) atoms. The van der Waals surface area contributed by atoms with Crippen molar-refractivity contribution in [1.82, 2.24) is 4.98 Å². The van der Waals surface area contributed by atoms with E-state index < -0.39 is 11.9 Å². The molecule has 0 bridgehead atoms. The van der Waals surface area contributed by atoms with Crippen LogP contribution in [0.25, 0.3) is 11.0 Å². The van der Waals surface area contributed by atoms with E-state index in [0.717, 1.165) is 11.1 Å². The first kappa shape index (κ1) is 17.6. The lowest BCUT2D eigenvalue weighted by Gasteiger charge is -2.24. The molecule has 1 atom stereocenters. The maximum Gasteiger partial charge on any atom is 0.296 e. The topological polar surface area (TPSA) is 63.4 Å². The number of aromatic nitrogens is 1. The third kappa shape index (κ3) is 2.74. The van der Waals surface area contributed by atoms with Gasteiger partial charge in [-0.3, -0.25) is 14.5 Å². The first-order chi connectivity index (χ1) is 14.0. The average Bonchev–Trinajstić information content (AvgIpc) is 3.03. The van der Waals surface area contributed by atoms with Gasteiger partial charge in [0, 0.05) is 6.20 Å². The van der Waals surface area contributed by atoms with E-state index in [4.69, 9.17) is 16.0 Å². The maximum atomic E-state index is 13.5. The lowest BCUT2D eigenvalue weighted by molar-refractivity contribution is 0.0970. The molecule has 5 rings (SSSR count). The van der Waals surface area contributed by atoms with Crippen molar-refractivity contribution in [3.63, 3.8) is 0 Å². The van der Waals surface area contributed by atoms with Crippen LogP contribution in [0.15, 0.2) is 76.1 Å². The lowest BCUT2D eigenvalue weighted by Crippen LogP contribution is -2.30. The van der Waals surface area contributed by atoms with Crippen molar-refractivity contribution in [2.45, 2.75) is 13.0 Å². The second kappa shape index (κ2) is 6.57. The van der Waals surface area contributed by atoms with Crippen LogP contribution in [0.5, 0.6) is 0 Å². The van der Waals surface area contributed by atoms with E-state index in [9.17, 15) is 9.59 Å². The van der Waals surface area contributed by atoms with E-state index in [2.05, 4.69) is 4.98 Å². The summed E-state index contributed by atoms with van der Waals surface area (Å²) in [5.41, 5.74) is 2.27. The number of fused-ring (bicyclic) bond motifs is 2. The molecule has 4 aromatic rings. The van der Waals surface area contributed by atoms with Gasteiger partial charge in [-0.15, -0.1) is 0 Å². The SMILES string of the molecule is Cc1ccc2oc3c(c(=O)c2c1)[C@@H](c1ccccc1)N(c1ccc(Cl)cn1)C3=O. The van der Waals surface area contributed by atoms with Crippen molar-refractivity contribution < 1.29 is 9.21 Å². The van der Waals surface area contributed by atoms with Crippen LogP contribution in [0.3, 0.4) is 0 Å². The second-order valence-electron chi connectivity index (χ2n) is 7.00. The summed E-state index contributed by atoms with van der Waals surface area (Å²) < 4.78 is 5.93. The predicted molar refractivity (Wildman–Crippen MR) is 112 cm³/mol. The number of rotatable bonds is 2. The number of carbonyl (C=O) groups is 1. The number of pyridine rings is 1. The summed E-state index contributed by atoms with van der Waals surface area (Å²) in [7, 11) is 0. The Bertz CT molecular complexity index is 1310. The molecular weight excluding hydrogens is 388 g/mol. The second-order valence-corrected chi connectivity index (χ2v) is 7.43. The van der Waals surface area contributed by atoms with Crippen LogP contribution in [-0.4, -0.2) is 10.9 Å². The van der Waals surface area contributed by atoms with Crippen molar-refractivity contribution >= 4 is 34.3 Å². The van der Waals surface area contributed by atoms with Gasteiger partial charge in [0.05, 0.1) is 22.0 Å². The number of anilines is 1. The molecule has 0 spiro atoms. The number of carbonyl (C=O) groups excluding carboxylic acids is 1. The van der Waals surface area contributed by atoms with Crippen molar-refractivity contribution in [2.24, 2.45) is 0 Å². The van der Waals surface area contributed by atoms with Gasteiger partial charge in [0.2, 0.25) is 5.76 Å². The van der Waals surface area contributed by atoms with Crippen molar-refractivity contribution in [2.75, 3.05) is 4.90 Å². The summed E-state index contributed by atoms with van der Waals surface area (Å²) in [6.45, 7) is 1.91. The normalized spacial score (nSPS) is 15.7. The van der Waals surface area contributed by atoms with Crippen LogP contribution in [0, 0.1) is 6.92 Å². The van der Waals surface area contributed by atoms with Crippen LogP contribution in [0.4, 0.5) is 5.82 Å². The molecule has 0 aliphatic carbocycles. The third-order valence-corrected chi connectivity index (χ3v) is 5.32. The Morgan fingerprint density at radius 3 is 2.55 bits per heavy atom. The van der Waals surface area contributed by atoms with Crippen LogP contribution in [0.1, 0.15) is 33.3 Å². The number of amides is 1. The molecule has 142 valence electrons. The number of benzene rings is 2. The number of aryl methyl sites for hydroxylation is 1. The van der Waals surface area contributed by atoms with E-state index >= 15 is 0 Å². The molecule has 6 heteroatoms. The molecule has 0 N–H and O–H groups in total. The number of hydrogen-bond acceptors (Lipinski definition) is 4. The fourth-order valence-electron chi connectivity index (χ4n) is 3.78. The van der Waals surface area contributed by atoms with Crippen LogP contribution >= 0.6 is 11.6 Å². The van der Waals surface area contributed by atoms with Crippen molar-refractivity contribution in [3.05, 3.63) is 105 Å². The van der Waals surface area contributed by atoms with E-state index in [1.54, 1.807) is 24.3 Å². The van der Waals surface area contributed by atoms with E-state index in [1.807, 2.05) is 43.3 Å². The smallest absolute Gasteiger partial charge is 0.296 e. The zero-order valence-corrected chi connectivity index (χ0v) is 16.2. The summed E-state index contributed by atoms with van der Waals surface area (Å²) in [5.74, 6) is 0.0551. The monoisotopic (exact) mass is 402 g/mol.